The summed E-state index contributed by atoms with van der Waals surface area (Å²) in [5.41, 5.74) is 2.01. The quantitative estimate of drug-likeness (QED) is 0.398. The normalized spacial score (nSPS) is 14.5. The van der Waals surface area contributed by atoms with Crippen molar-refractivity contribution < 1.29 is 14.3 Å². The Morgan fingerprint density at radius 1 is 1.12 bits per heavy atom. The van der Waals surface area contributed by atoms with Gasteiger partial charge < -0.3 is 9.64 Å². The minimum absolute atomic E-state index is 0.0641. The lowest BCUT2D eigenvalue weighted by Crippen LogP contribution is -2.37. The maximum absolute atomic E-state index is 12.9. The molecule has 176 valence electrons. The third-order valence-corrected chi connectivity index (χ3v) is 8.80. The number of methoxy groups -OCH3 is 1. The number of benzene rings is 1. The zero-order valence-corrected chi connectivity index (χ0v) is 21.4. The number of nitrogens with zero attached hydrogens (tertiary/aromatic N) is 4. The Morgan fingerprint density at radius 2 is 1.91 bits per heavy atom. The molecule has 1 aliphatic rings. The summed E-state index contributed by atoms with van der Waals surface area (Å²) in [6.45, 7) is 5.16. The Balaban J connectivity index is 1.21. The maximum Gasteiger partial charge on any atom is 0.276 e. The summed E-state index contributed by atoms with van der Waals surface area (Å²) < 4.78 is 6.19. The van der Waals surface area contributed by atoms with Crippen molar-refractivity contribution in [2.45, 2.75) is 32.6 Å². The summed E-state index contributed by atoms with van der Waals surface area (Å²) >= 11 is 4.36. The second kappa shape index (κ2) is 9.40. The number of carbonyl (C=O) groups excluding carboxylic acids is 2. The van der Waals surface area contributed by atoms with Crippen LogP contribution in [0.5, 0.6) is 5.75 Å². The van der Waals surface area contributed by atoms with E-state index in [2.05, 4.69) is 20.3 Å². The van der Waals surface area contributed by atoms with E-state index in [4.69, 9.17) is 4.74 Å². The molecule has 0 spiro atoms. The van der Waals surface area contributed by atoms with Gasteiger partial charge in [0.05, 0.1) is 33.0 Å². The zero-order valence-electron chi connectivity index (χ0n) is 19.0. The average molecular weight is 514 g/mol. The molecule has 1 aliphatic heterocycles. The van der Waals surface area contributed by atoms with Crippen LogP contribution in [-0.4, -0.2) is 51.9 Å². The number of aromatic nitrogens is 3. The minimum atomic E-state index is -0.267. The average Bonchev–Trinajstić information content (AvgIpc) is 3.56. The number of anilines is 1. The molecule has 34 heavy (non-hydrogen) atoms. The Kier molecular flexibility index (Phi) is 6.32. The number of carbonyl (C=O) groups is 2. The molecule has 11 heteroatoms. The molecule has 4 aromatic rings. The fourth-order valence-corrected chi connectivity index (χ4v) is 6.78. The first kappa shape index (κ1) is 22.9. The molecule has 1 aromatic carbocycles. The summed E-state index contributed by atoms with van der Waals surface area (Å²) in [5, 5.41) is 7.04. The third-order valence-electron chi connectivity index (χ3n) is 5.80. The Bertz CT molecular complexity index is 1370. The van der Waals surface area contributed by atoms with Gasteiger partial charge in [0.1, 0.15) is 16.3 Å². The number of likely N-dealkylation sites (tertiary alicyclic amines) is 1. The van der Waals surface area contributed by atoms with Crippen molar-refractivity contribution >= 4 is 61.2 Å². The number of amides is 2. The molecule has 8 nitrogen and oxygen atoms in total. The molecular weight excluding hydrogens is 490 g/mol. The molecular formula is C23H23N5O3S3. The number of hydrogen-bond donors (Lipinski definition) is 1. The highest BCUT2D eigenvalue weighted by molar-refractivity contribution is 7.22. The minimum Gasteiger partial charge on any atom is -0.497 e. The van der Waals surface area contributed by atoms with Gasteiger partial charge in [-0.2, -0.15) is 0 Å². The predicted molar refractivity (Wildman–Crippen MR) is 136 cm³/mol. The number of nitrogens with one attached hydrogen (secondary N) is 1. The summed E-state index contributed by atoms with van der Waals surface area (Å²) in [6.07, 6.45) is 1.66. The molecule has 0 aliphatic carbocycles. The van der Waals surface area contributed by atoms with E-state index >= 15 is 0 Å². The second-order valence-electron chi connectivity index (χ2n) is 8.09. The first-order valence-electron chi connectivity index (χ1n) is 10.9. The van der Waals surface area contributed by atoms with Crippen LogP contribution < -0.4 is 10.1 Å². The van der Waals surface area contributed by atoms with Crippen LogP contribution >= 0.6 is 34.0 Å². The largest absolute Gasteiger partial charge is 0.497 e. The van der Waals surface area contributed by atoms with E-state index in [0.717, 1.165) is 49.4 Å². The topological polar surface area (TPSA) is 97.3 Å². The van der Waals surface area contributed by atoms with Crippen LogP contribution in [-0.2, 0) is 0 Å². The summed E-state index contributed by atoms with van der Waals surface area (Å²) in [7, 11) is 1.62. The Morgan fingerprint density at radius 3 is 2.62 bits per heavy atom. The van der Waals surface area contributed by atoms with Gasteiger partial charge in [-0.3, -0.25) is 14.9 Å². The molecule has 3 aromatic heterocycles. The van der Waals surface area contributed by atoms with Gasteiger partial charge in [-0.1, -0.05) is 11.3 Å². The van der Waals surface area contributed by atoms with E-state index in [9.17, 15) is 9.59 Å². The molecule has 0 radical (unpaired) electrons. The van der Waals surface area contributed by atoms with E-state index in [1.807, 2.05) is 36.9 Å². The van der Waals surface area contributed by atoms with Crippen LogP contribution in [0.25, 0.3) is 10.2 Å². The smallest absolute Gasteiger partial charge is 0.276 e. The second-order valence-corrected chi connectivity index (χ2v) is 11.2. The van der Waals surface area contributed by atoms with E-state index in [1.54, 1.807) is 12.5 Å². The van der Waals surface area contributed by atoms with Crippen molar-refractivity contribution in [3.05, 3.63) is 49.9 Å². The highest BCUT2D eigenvalue weighted by Crippen LogP contribution is 2.33. The van der Waals surface area contributed by atoms with Crippen molar-refractivity contribution in [1.29, 1.82) is 0 Å². The van der Waals surface area contributed by atoms with Gasteiger partial charge in [-0.05, 0) is 44.9 Å². The van der Waals surface area contributed by atoms with E-state index in [1.165, 1.54) is 34.0 Å². The number of ether oxygens (including phenoxy) is 1. The number of thiazole rings is 3. The molecule has 1 N–H and O–H groups in total. The maximum atomic E-state index is 12.9. The highest BCUT2D eigenvalue weighted by atomic mass is 32.1. The van der Waals surface area contributed by atoms with Crippen molar-refractivity contribution in [2.24, 2.45) is 0 Å². The number of piperidine rings is 1. The molecule has 0 saturated carbocycles. The van der Waals surface area contributed by atoms with Gasteiger partial charge in [0.15, 0.2) is 5.13 Å². The van der Waals surface area contributed by atoms with Crippen molar-refractivity contribution in [2.75, 3.05) is 25.5 Å². The summed E-state index contributed by atoms with van der Waals surface area (Å²) in [6, 6.07) is 5.62. The molecule has 1 fully saturated rings. The van der Waals surface area contributed by atoms with E-state index < -0.39 is 0 Å². The van der Waals surface area contributed by atoms with Crippen molar-refractivity contribution in [3.63, 3.8) is 0 Å². The number of hydrogen-bond acceptors (Lipinski definition) is 9. The van der Waals surface area contributed by atoms with Crippen LogP contribution in [0.1, 0.15) is 54.6 Å². The molecule has 1 saturated heterocycles. The molecule has 0 bridgehead atoms. The predicted octanol–water partition coefficient (Wildman–Crippen LogP) is 5.11. The van der Waals surface area contributed by atoms with Crippen molar-refractivity contribution in [3.8, 4) is 5.75 Å². The van der Waals surface area contributed by atoms with Gasteiger partial charge in [-0.15, -0.1) is 22.7 Å². The fraction of sp³-hybridized carbons (Fsp3) is 0.348. The van der Waals surface area contributed by atoms with Crippen LogP contribution in [0.2, 0.25) is 0 Å². The lowest BCUT2D eigenvalue weighted by Gasteiger charge is -2.30. The third kappa shape index (κ3) is 4.55. The molecule has 4 heterocycles. The van der Waals surface area contributed by atoms with Gasteiger partial charge in [0.2, 0.25) is 0 Å². The van der Waals surface area contributed by atoms with Crippen LogP contribution in [0.4, 0.5) is 5.13 Å². The summed E-state index contributed by atoms with van der Waals surface area (Å²) in [5.74, 6) is 0.796. The molecule has 5 rings (SSSR count). The lowest BCUT2D eigenvalue weighted by atomic mass is 9.97. The standard InChI is InChI=1S/C23H23N5O3S3/c1-12-19(33-13(2)24-12)22(30)28-8-6-14(7-9-28)21-25-17(11-32-21)20(29)27-23-26-16-5-4-15(31-3)10-18(16)34-23/h4-5,10-11,14H,6-9H2,1-3H3,(H,26,27,29). The molecule has 2 amide bonds. The SMILES string of the molecule is COc1ccc2nc(NC(=O)c3csc(C4CCN(C(=O)c5sc(C)nc5C)CC4)n3)sc2c1. The first-order chi connectivity index (χ1) is 16.4. The zero-order chi connectivity index (χ0) is 23.8. The van der Waals surface area contributed by atoms with E-state index in [0.29, 0.717) is 23.9 Å². The van der Waals surface area contributed by atoms with Gasteiger partial charge >= 0.3 is 0 Å². The summed E-state index contributed by atoms with van der Waals surface area (Å²) in [4.78, 5) is 41.7. The van der Waals surface area contributed by atoms with Gasteiger partial charge in [0, 0.05) is 24.4 Å². The van der Waals surface area contributed by atoms with Gasteiger partial charge in [0.25, 0.3) is 11.8 Å². The Hall–Kier alpha value is -2.89. The van der Waals surface area contributed by atoms with Crippen molar-refractivity contribution in [1.82, 2.24) is 19.9 Å². The van der Waals surface area contributed by atoms with E-state index in [-0.39, 0.29) is 17.7 Å². The van der Waals surface area contributed by atoms with Gasteiger partial charge in [-0.25, -0.2) is 15.0 Å². The number of fused-ring (bicyclic) bond motifs is 1. The molecule has 0 unspecified atom stereocenters. The number of aryl methyl sites for hydroxylation is 2. The lowest BCUT2D eigenvalue weighted by molar-refractivity contribution is 0.0717. The molecule has 0 atom stereocenters. The highest BCUT2D eigenvalue weighted by Gasteiger charge is 2.28. The van der Waals surface area contributed by atoms with Crippen LogP contribution in [0.3, 0.4) is 0 Å². The van der Waals surface area contributed by atoms with Crippen LogP contribution in [0.15, 0.2) is 23.6 Å². The first-order valence-corrected chi connectivity index (χ1v) is 13.4. The monoisotopic (exact) mass is 513 g/mol. The Labute approximate surface area is 208 Å². The van der Waals surface area contributed by atoms with Crippen LogP contribution in [0, 0.1) is 13.8 Å². The number of rotatable bonds is 5. The fourth-order valence-electron chi connectivity index (χ4n) is 4.03.